The van der Waals surface area contributed by atoms with Crippen molar-refractivity contribution in [1.82, 2.24) is 20.2 Å². The third-order valence-corrected chi connectivity index (χ3v) is 4.44. The van der Waals surface area contributed by atoms with Crippen LogP contribution in [0.15, 0.2) is 47.4 Å². The van der Waals surface area contributed by atoms with Gasteiger partial charge in [-0.3, -0.25) is 14.7 Å². The average molecular weight is 360 g/mol. The van der Waals surface area contributed by atoms with Crippen LogP contribution >= 0.6 is 0 Å². The van der Waals surface area contributed by atoms with Crippen LogP contribution in [0, 0.1) is 6.92 Å². The summed E-state index contributed by atoms with van der Waals surface area (Å²) >= 11 is 0. The zero-order valence-electron chi connectivity index (χ0n) is 14.4. The predicted molar refractivity (Wildman–Crippen MR) is 103 cm³/mol. The number of nitrogens with zero attached hydrogens (tertiary/aromatic N) is 2. The maximum absolute atomic E-state index is 11.9. The summed E-state index contributed by atoms with van der Waals surface area (Å²) in [5.41, 5.74) is 15.7. The van der Waals surface area contributed by atoms with Crippen molar-refractivity contribution in [2.45, 2.75) is 6.92 Å². The molecule has 0 saturated heterocycles. The molecule has 0 saturated carbocycles. The number of nitrogen functional groups attached to an aromatic ring is 1. The minimum atomic E-state index is -0.745. The van der Waals surface area contributed by atoms with E-state index in [-0.39, 0.29) is 16.9 Å². The Morgan fingerprint density at radius 2 is 2.00 bits per heavy atom. The predicted octanol–water partition coefficient (Wildman–Crippen LogP) is 1.97. The topological polar surface area (TPSA) is 144 Å². The van der Waals surface area contributed by atoms with Crippen molar-refractivity contribution in [3.63, 3.8) is 0 Å². The van der Waals surface area contributed by atoms with Gasteiger partial charge in [0.05, 0.1) is 28.8 Å². The summed E-state index contributed by atoms with van der Waals surface area (Å²) in [4.78, 5) is 30.6. The Kier molecular flexibility index (Phi) is 3.73. The van der Waals surface area contributed by atoms with Crippen LogP contribution in [0.1, 0.15) is 16.1 Å². The fraction of sp³-hybridized carbons (Fsp3) is 0.0526. The average Bonchev–Trinajstić information content (AvgIpc) is 3.11. The van der Waals surface area contributed by atoms with E-state index in [2.05, 4.69) is 20.2 Å². The van der Waals surface area contributed by atoms with E-state index in [9.17, 15) is 9.59 Å². The lowest BCUT2D eigenvalue weighted by molar-refractivity contribution is 0.0996. The van der Waals surface area contributed by atoms with Crippen LogP contribution in [0.3, 0.4) is 0 Å². The van der Waals surface area contributed by atoms with Gasteiger partial charge < -0.3 is 16.5 Å². The van der Waals surface area contributed by atoms with Gasteiger partial charge in [-0.15, -0.1) is 0 Å². The zero-order valence-corrected chi connectivity index (χ0v) is 14.4. The molecule has 0 radical (unpaired) electrons. The van der Waals surface area contributed by atoms with Gasteiger partial charge in [0, 0.05) is 17.0 Å². The minimum absolute atomic E-state index is 0.0490. The largest absolute Gasteiger partial charge is 0.396 e. The molecule has 0 bridgehead atoms. The standard InChI is InChI=1S/C19H16N6O2/c1-9-5-6-12-11(8-22-25-12)16(9)10-7-14(13-3-2-4-15(26)23-13)24-18(17(10)20)19(21)27/h2-8H,20H2,1H3,(H2,21,27)(H,22,25)(H,23,26). The van der Waals surface area contributed by atoms with Gasteiger partial charge in [-0.25, -0.2) is 4.98 Å². The number of anilines is 1. The summed E-state index contributed by atoms with van der Waals surface area (Å²) < 4.78 is 0. The van der Waals surface area contributed by atoms with Gasteiger partial charge in [0.1, 0.15) is 0 Å². The van der Waals surface area contributed by atoms with Gasteiger partial charge in [-0.05, 0) is 36.2 Å². The Morgan fingerprint density at radius 3 is 2.74 bits per heavy atom. The number of aromatic nitrogens is 4. The van der Waals surface area contributed by atoms with E-state index in [4.69, 9.17) is 11.5 Å². The maximum Gasteiger partial charge on any atom is 0.269 e. The van der Waals surface area contributed by atoms with Gasteiger partial charge in [0.2, 0.25) is 5.56 Å². The first kappa shape index (κ1) is 16.5. The second kappa shape index (κ2) is 6.10. The third kappa shape index (κ3) is 2.73. The van der Waals surface area contributed by atoms with Crippen LogP contribution in [-0.4, -0.2) is 26.1 Å². The molecule has 3 heterocycles. The number of hydrogen-bond acceptors (Lipinski definition) is 5. The highest BCUT2D eigenvalue weighted by molar-refractivity contribution is 6.05. The molecule has 4 rings (SSSR count). The molecule has 0 unspecified atom stereocenters. The van der Waals surface area contributed by atoms with Crippen molar-refractivity contribution in [1.29, 1.82) is 0 Å². The number of fused-ring (bicyclic) bond motifs is 1. The number of carbonyl (C=O) groups is 1. The first-order chi connectivity index (χ1) is 13.0. The second-order valence-corrected chi connectivity index (χ2v) is 6.20. The molecule has 0 fully saturated rings. The first-order valence-corrected chi connectivity index (χ1v) is 8.19. The molecule has 0 aliphatic carbocycles. The van der Waals surface area contributed by atoms with Gasteiger partial charge >= 0.3 is 0 Å². The Bertz CT molecular complexity index is 1250. The van der Waals surface area contributed by atoms with Gasteiger partial charge in [0.15, 0.2) is 5.69 Å². The SMILES string of the molecule is Cc1ccc2[nH]ncc2c1-c1cc(-c2cccc(=O)[nH]2)nc(C(N)=O)c1N. The number of nitrogens with two attached hydrogens (primary N) is 2. The maximum atomic E-state index is 11.9. The fourth-order valence-electron chi connectivity index (χ4n) is 3.17. The highest BCUT2D eigenvalue weighted by Gasteiger charge is 2.20. The van der Waals surface area contributed by atoms with Crippen LogP contribution in [-0.2, 0) is 0 Å². The summed E-state index contributed by atoms with van der Waals surface area (Å²) in [6, 6.07) is 10.3. The molecule has 8 heteroatoms. The quantitative estimate of drug-likeness (QED) is 0.441. The lowest BCUT2D eigenvalue weighted by Gasteiger charge is -2.14. The second-order valence-electron chi connectivity index (χ2n) is 6.20. The molecular formula is C19H16N6O2. The molecule has 0 aliphatic rings. The summed E-state index contributed by atoms with van der Waals surface area (Å²) in [6.45, 7) is 1.94. The molecule has 134 valence electrons. The normalized spacial score (nSPS) is 11.0. The Hall–Kier alpha value is -3.94. The number of aromatic amines is 2. The Labute approximate surface area is 153 Å². The highest BCUT2D eigenvalue weighted by atomic mass is 16.1. The van der Waals surface area contributed by atoms with Crippen LogP contribution < -0.4 is 17.0 Å². The number of benzene rings is 1. The first-order valence-electron chi connectivity index (χ1n) is 8.19. The van der Waals surface area contributed by atoms with E-state index in [0.29, 0.717) is 17.0 Å². The van der Waals surface area contributed by atoms with Crippen molar-refractivity contribution in [2.75, 3.05) is 5.73 Å². The summed E-state index contributed by atoms with van der Waals surface area (Å²) in [6.07, 6.45) is 1.70. The molecule has 0 atom stereocenters. The molecule has 1 aromatic carbocycles. The van der Waals surface area contributed by atoms with Crippen molar-refractivity contribution in [3.8, 4) is 22.5 Å². The number of nitrogens with one attached hydrogen (secondary N) is 2. The number of aryl methyl sites for hydroxylation is 1. The molecule has 27 heavy (non-hydrogen) atoms. The van der Waals surface area contributed by atoms with Crippen molar-refractivity contribution in [2.24, 2.45) is 5.73 Å². The lowest BCUT2D eigenvalue weighted by Crippen LogP contribution is -2.17. The van der Waals surface area contributed by atoms with Gasteiger partial charge in [-0.2, -0.15) is 5.10 Å². The summed E-state index contributed by atoms with van der Waals surface area (Å²) in [5, 5.41) is 7.87. The fourth-order valence-corrected chi connectivity index (χ4v) is 3.17. The molecule has 3 aromatic heterocycles. The number of carbonyl (C=O) groups excluding carboxylic acids is 1. The van der Waals surface area contributed by atoms with E-state index < -0.39 is 5.91 Å². The highest BCUT2D eigenvalue weighted by Crippen LogP contribution is 2.37. The molecule has 6 N–H and O–H groups in total. The van der Waals surface area contributed by atoms with E-state index in [1.54, 1.807) is 24.4 Å². The van der Waals surface area contributed by atoms with Crippen LogP contribution in [0.5, 0.6) is 0 Å². The molecule has 0 aliphatic heterocycles. The molecule has 8 nitrogen and oxygen atoms in total. The molecule has 0 spiro atoms. The number of pyridine rings is 2. The smallest absolute Gasteiger partial charge is 0.269 e. The number of rotatable bonds is 3. The number of primary amides is 1. The monoisotopic (exact) mass is 360 g/mol. The van der Waals surface area contributed by atoms with Crippen LogP contribution in [0.4, 0.5) is 5.69 Å². The van der Waals surface area contributed by atoms with Crippen molar-refractivity contribution >= 4 is 22.5 Å². The van der Waals surface area contributed by atoms with E-state index in [1.165, 1.54) is 6.07 Å². The molecule has 4 aromatic rings. The zero-order chi connectivity index (χ0) is 19.1. The molecule has 1 amide bonds. The van der Waals surface area contributed by atoms with Crippen molar-refractivity contribution in [3.05, 3.63) is 64.2 Å². The van der Waals surface area contributed by atoms with Gasteiger partial charge in [0.25, 0.3) is 5.91 Å². The van der Waals surface area contributed by atoms with E-state index >= 15 is 0 Å². The van der Waals surface area contributed by atoms with Crippen LogP contribution in [0.25, 0.3) is 33.4 Å². The lowest BCUT2D eigenvalue weighted by atomic mass is 9.94. The van der Waals surface area contributed by atoms with E-state index in [1.807, 2.05) is 19.1 Å². The Balaban J connectivity index is 2.08. The number of H-pyrrole nitrogens is 2. The summed E-state index contributed by atoms with van der Waals surface area (Å²) in [5.74, 6) is -0.745. The van der Waals surface area contributed by atoms with Gasteiger partial charge in [-0.1, -0.05) is 12.1 Å². The van der Waals surface area contributed by atoms with E-state index in [0.717, 1.165) is 22.0 Å². The molecular weight excluding hydrogens is 344 g/mol. The van der Waals surface area contributed by atoms with Crippen LogP contribution in [0.2, 0.25) is 0 Å². The number of amides is 1. The Morgan fingerprint density at radius 1 is 1.19 bits per heavy atom. The minimum Gasteiger partial charge on any atom is -0.396 e. The third-order valence-electron chi connectivity index (χ3n) is 4.44. The van der Waals surface area contributed by atoms with Crippen molar-refractivity contribution < 1.29 is 4.79 Å². The summed E-state index contributed by atoms with van der Waals surface area (Å²) in [7, 11) is 0. The number of hydrogen-bond donors (Lipinski definition) is 4.